The van der Waals surface area contributed by atoms with Crippen molar-refractivity contribution in [1.82, 2.24) is 10.2 Å². The molecule has 4 saturated carbocycles. The fourth-order valence-corrected chi connectivity index (χ4v) is 6.88. The molecule has 0 unspecified atom stereocenters. The number of aromatic nitrogens is 2. The van der Waals surface area contributed by atoms with Crippen molar-refractivity contribution in [2.45, 2.75) is 50.9 Å². The zero-order valence-electron chi connectivity index (χ0n) is 15.6. The third-order valence-corrected chi connectivity index (χ3v) is 7.63. The summed E-state index contributed by atoms with van der Waals surface area (Å²) in [6, 6.07) is 7.25. The molecule has 27 heavy (non-hydrogen) atoms. The summed E-state index contributed by atoms with van der Waals surface area (Å²) in [4.78, 5) is 12.6. The van der Waals surface area contributed by atoms with Gasteiger partial charge in [0.15, 0.2) is 0 Å². The summed E-state index contributed by atoms with van der Waals surface area (Å²) in [6.45, 7) is 2.51. The van der Waals surface area contributed by atoms with E-state index in [4.69, 9.17) is 4.74 Å². The van der Waals surface area contributed by atoms with Crippen LogP contribution in [0, 0.1) is 17.8 Å². The highest BCUT2D eigenvalue weighted by molar-refractivity contribution is 7.15. The Bertz CT molecular complexity index is 827. The van der Waals surface area contributed by atoms with E-state index in [2.05, 4.69) is 15.5 Å². The van der Waals surface area contributed by atoms with E-state index in [1.54, 1.807) is 23.5 Å². The molecule has 6 rings (SSSR count). The van der Waals surface area contributed by atoms with Crippen molar-refractivity contribution in [3.05, 3.63) is 34.8 Å². The third-order valence-electron chi connectivity index (χ3n) is 6.54. The molecule has 6 heteroatoms. The van der Waals surface area contributed by atoms with Crippen molar-refractivity contribution >= 4 is 22.4 Å². The molecule has 4 bridgehead atoms. The van der Waals surface area contributed by atoms with Gasteiger partial charge in [0.25, 0.3) is 5.91 Å². The van der Waals surface area contributed by atoms with Crippen LogP contribution in [0.25, 0.3) is 0 Å². The second-order valence-electron chi connectivity index (χ2n) is 8.53. The van der Waals surface area contributed by atoms with Crippen molar-refractivity contribution < 1.29 is 9.53 Å². The van der Waals surface area contributed by atoms with E-state index < -0.39 is 0 Å². The number of carbonyl (C=O) groups is 1. The maximum absolute atomic E-state index is 12.6. The lowest BCUT2D eigenvalue weighted by molar-refractivity contribution is -0.00555. The predicted molar refractivity (Wildman–Crippen MR) is 105 cm³/mol. The fraction of sp³-hybridized carbons (Fsp3) is 0.571. The molecule has 2 aromatic rings. The van der Waals surface area contributed by atoms with Crippen LogP contribution >= 0.6 is 11.3 Å². The smallest absolute Gasteiger partial charge is 0.257 e. The Kier molecular flexibility index (Phi) is 4.19. The van der Waals surface area contributed by atoms with Gasteiger partial charge in [-0.05, 0) is 81.4 Å². The first-order valence-corrected chi connectivity index (χ1v) is 10.8. The molecule has 0 saturated heterocycles. The Morgan fingerprint density at radius 3 is 2.56 bits per heavy atom. The highest BCUT2D eigenvalue weighted by Gasteiger charge is 2.53. The van der Waals surface area contributed by atoms with Crippen molar-refractivity contribution in [2.24, 2.45) is 17.8 Å². The van der Waals surface area contributed by atoms with Gasteiger partial charge in [-0.25, -0.2) is 0 Å². The van der Waals surface area contributed by atoms with E-state index in [1.165, 1.54) is 38.5 Å². The van der Waals surface area contributed by atoms with E-state index >= 15 is 0 Å². The van der Waals surface area contributed by atoms with Gasteiger partial charge in [0.05, 0.1) is 6.61 Å². The van der Waals surface area contributed by atoms with Gasteiger partial charge in [-0.2, -0.15) is 0 Å². The summed E-state index contributed by atoms with van der Waals surface area (Å²) in [6.07, 6.45) is 8.03. The van der Waals surface area contributed by atoms with Gasteiger partial charge in [0.1, 0.15) is 10.8 Å². The zero-order chi connectivity index (χ0) is 18.4. The average Bonchev–Trinajstić information content (AvgIpc) is 3.10. The van der Waals surface area contributed by atoms with Crippen molar-refractivity contribution in [3.63, 3.8) is 0 Å². The van der Waals surface area contributed by atoms with E-state index in [-0.39, 0.29) is 11.3 Å². The second kappa shape index (κ2) is 6.59. The topological polar surface area (TPSA) is 64.1 Å². The first-order valence-electron chi connectivity index (χ1n) is 10.0. The van der Waals surface area contributed by atoms with Crippen molar-refractivity contribution in [2.75, 3.05) is 11.9 Å². The molecule has 0 aliphatic heterocycles. The van der Waals surface area contributed by atoms with Crippen molar-refractivity contribution in [1.29, 1.82) is 0 Å². The van der Waals surface area contributed by atoms with Gasteiger partial charge in [-0.3, -0.25) is 10.1 Å². The number of amides is 1. The summed E-state index contributed by atoms with van der Waals surface area (Å²) in [7, 11) is 0. The van der Waals surface area contributed by atoms with Crippen LogP contribution in [0.5, 0.6) is 5.75 Å². The summed E-state index contributed by atoms with van der Waals surface area (Å²) in [5.74, 6) is 3.17. The number of ether oxygens (including phenoxy) is 1. The number of anilines is 1. The van der Waals surface area contributed by atoms with Crippen LogP contribution < -0.4 is 10.1 Å². The summed E-state index contributed by atoms with van der Waals surface area (Å²) >= 11 is 1.57. The average molecular weight is 384 g/mol. The van der Waals surface area contributed by atoms with Crippen LogP contribution in [-0.2, 0) is 5.41 Å². The summed E-state index contributed by atoms with van der Waals surface area (Å²) < 4.78 is 5.48. The van der Waals surface area contributed by atoms with Crippen LogP contribution in [-0.4, -0.2) is 22.7 Å². The summed E-state index contributed by atoms with van der Waals surface area (Å²) in [5, 5.41) is 13.5. The monoisotopic (exact) mass is 383 g/mol. The van der Waals surface area contributed by atoms with Gasteiger partial charge in [-0.15, -0.1) is 10.2 Å². The molecular weight excluding hydrogens is 358 g/mol. The normalized spacial score (nSPS) is 31.1. The third kappa shape index (κ3) is 3.14. The lowest BCUT2D eigenvalue weighted by Gasteiger charge is -2.55. The molecule has 4 fully saturated rings. The molecule has 1 heterocycles. The maximum atomic E-state index is 12.6. The number of hydrogen-bond acceptors (Lipinski definition) is 5. The Morgan fingerprint density at radius 2 is 1.89 bits per heavy atom. The predicted octanol–water partition coefficient (Wildman–Crippen LogP) is 4.66. The molecule has 4 aliphatic rings. The molecule has 0 atom stereocenters. The number of hydrogen-bond donors (Lipinski definition) is 1. The molecule has 1 amide bonds. The molecule has 5 nitrogen and oxygen atoms in total. The standard InChI is InChI=1S/C21H25N3O2S/c1-2-26-17-5-3-4-16(9-17)18(25)22-20-24-23-19(27-20)21-10-13-6-14(11-21)8-15(7-13)12-21/h3-5,9,13-15H,2,6-8,10-12H2,1H3,(H,22,24,25). The molecule has 1 aromatic heterocycles. The second-order valence-corrected chi connectivity index (χ2v) is 9.50. The molecule has 142 valence electrons. The minimum absolute atomic E-state index is 0.162. The number of benzene rings is 1. The van der Waals surface area contributed by atoms with Gasteiger partial charge >= 0.3 is 0 Å². The molecular formula is C21H25N3O2S. The van der Waals surface area contributed by atoms with Crippen LogP contribution in [0.4, 0.5) is 5.13 Å². The van der Waals surface area contributed by atoms with Gasteiger partial charge in [0.2, 0.25) is 5.13 Å². The first-order chi connectivity index (χ1) is 13.1. The molecule has 0 radical (unpaired) electrons. The van der Waals surface area contributed by atoms with Crippen LogP contribution in [0.1, 0.15) is 60.8 Å². The molecule has 1 aromatic carbocycles. The van der Waals surface area contributed by atoms with E-state index in [0.29, 0.717) is 23.1 Å². The number of nitrogens with zero attached hydrogens (tertiary/aromatic N) is 2. The lowest BCUT2D eigenvalue weighted by atomic mass is 9.50. The number of nitrogens with one attached hydrogen (secondary N) is 1. The largest absolute Gasteiger partial charge is 0.494 e. The minimum Gasteiger partial charge on any atom is -0.494 e. The highest BCUT2D eigenvalue weighted by atomic mass is 32.1. The van der Waals surface area contributed by atoms with Crippen molar-refractivity contribution in [3.8, 4) is 5.75 Å². The zero-order valence-corrected chi connectivity index (χ0v) is 16.4. The highest BCUT2D eigenvalue weighted by Crippen LogP contribution is 2.61. The van der Waals surface area contributed by atoms with Gasteiger partial charge in [-0.1, -0.05) is 17.4 Å². The SMILES string of the molecule is CCOc1cccc(C(=O)Nc2nnc(C34CC5CC(CC(C5)C3)C4)s2)c1. The fourth-order valence-electron chi connectivity index (χ4n) is 5.92. The Labute approximate surface area is 163 Å². The molecule has 1 N–H and O–H groups in total. The maximum Gasteiger partial charge on any atom is 0.257 e. The quantitative estimate of drug-likeness (QED) is 0.816. The van der Waals surface area contributed by atoms with Crippen LogP contribution in [0.3, 0.4) is 0 Å². The Balaban J connectivity index is 1.33. The first kappa shape index (κ1) is 17.2. The van der Waals surface area contributed by atoms with Gasteiger partial charge in [0, 0.05) is 11.0 Å². The molecule has 0 spiro atoms. The summed E-state index contributed by atoms with van der Waals surface area (Å²) in [5.41, 5.74) is 0.803. The molecule has 4 aliphatic carbocycles. The van der Waals surface area contributed by atoms with Crippen LogP contribution in [0.2, 0.25) is 0 Å². The Hall–Kier alpha value is -1.95. The van der Waals surface area contributed by atoms with Crippen LogP contribution in [0.15, 0.2) is 24.3 Å². The number of rotatable bonds is 5. The number of carbonyl (C=O) groups excluding carboxylic acids is 1. The lowest BCUT2D eigenvalue weighted by Crippen LogP contribution is -2.48. The van der Waals surface area contributed by atoms with Gasteiger partial charge < -0.3 is 4.74 Å². The minimum atomic E-state index is -0.162. The Morgan fingerprint density at radius 1 is 1.19 bits per heavy atom. The van der Waals surface area contributed by atoms with E-state index in [1.807, 2.05) is 19.1 Å². The van der Waals surface area contributed by atoms with E-state index in [9.17, 15) is 4.79 Å². The van der Waals surface area contributed by atoms with E-state index in [0.717, 1.165) is 22.8 Å².